The molecule has 2 atom stereocenters. The van der Waals surface area contributed by atoms with Gasteiger partial charge in [0.1, 0.15) is 0 Å². The molecule has 0 spiro atoms. The summed E-state index contributed by atoms with van der Waals surface area (Å²) in [6.07, 6.45) is 0.0949. The van der Waals surface area contributed by atoms with Crippen LogP contribution in [0.1, 0.15) is 17.4 Å². The number of hydrogen-bond donors (Lipinski definition) is 1. The lowest BCUT2D eigenvalue weighted by molar-refractivity contribution is -0.384. The van der Waals surface area contributed by atoms with Gasteiger partial charge >= 0.3 is 5.97 Å². The summed E-state index contributed by atoms with van der Waals surface area (Å²) in [6.45, 7) is 1.92. The first-order valence-electron chi connectivity index (χ1n) is 7.83. The summed E-state index contributed by atoms with van der Waals surface area (Å²) in [6, 6.07) is 7.26. The van der Waals surface area contributed by atoms with Crippen molar-refractivity contribution in [1.82, 2.24) is 14.7 Å². The van der Waals surface area contributed by atoms with E-state index in [1.165, 1.54) is 39.9 Å². The van der Waals surface area contributed by atoms with Crippen molar-refractivity contribution in [1.29, 1.82) is 0 Å². The number of carboxylic acids is 1. The first kappa shape index (κ1) is 17.5. The summed E-state index contributed by atoms with van der Waals surface area (Å²) in [5, 5.41) is 24.0. The quantitative estimate of drug-likeness (QED) is 0.638. The molecular weight excluding hydrogens is 344 g/mol. The standard InChI is InChI=1S/C16H16N4O6/c1-10-8-18(9-14(26-10)16(22)23)15(21)13-6-7-19(17-13)11-2-4-12(5-3-11)20(24)25/h2-7,10,14H,8-9H2,1H3,(H,22,23)/t10-,14?/m1/s1. The second-order valence-corrected chi connectivity index (χ2v) is 5.90. The van der Waals surface area contributed by atoms with Gasteiger partial charge in [0.05, 0.1) is 23.3 Å². The van der Waals surface area contributed by atoms with Crippen molar-refractivity contribution in [2.45, 2.75) is 19.1 Å². The Bertz CT molecular complexity index is 847. The molecule has 3 rings (SSSR count). The average Bonchev–Trinajstić information content (AvgIpc) is 3.10. The third kappa shape index (κ3) is 3.54. The zero-order valence-corrected chi connectivity index (χ0v) is 13.8. The molecule has 1 unspecified atom stereocenters. The van der Waals surface area contributed by atoms with Crippen molar-refractivity contribution in [3.63, 3.8) is 0 Å². The van der Waals surface area contributed by atoms with Gasteiger partial charge in [-0.05, 0) is 25.1 Å². The minimum atomic E-state index is -1.12. The highest BCUT2D eigenvalue weighted by atomic mass is 16.6. The molecule has 136 valence electrons. The fourth-order valence-corrected chi connectivity index (χ4v) is 2.72. The van der Waals surface area contributed by atoms with E-state index in [0.717, 1.165) is 0 Å². The van der Waals surface area contributed by atoms with Crippen molar-refractivity contribution in [2.75, 3.05) is 13.1 Å². The number of non-ortho nitro benzene ring substituents is 1. The van der Waals surface area contributed by atoms with Gasteiger partial charge in [-0.3, -0.25) is 14.9 Å². The van der Waals surface area contributed by atoms with Crippen molar-refractivity contribution in [3.8, 4) is 5.69 Å². The van der Waals surface area contributed by atoms with Crippen LogP contribution in [0, 0.1) is 10.1 Å². The molecule has 10 heteroatoms. The van der Waals surface area contributed by atoms with Gasteiger partial charge < -0.3 is 14.7 Å². The number of rotatable bonds is 4. The van der Waals surface area contributed by atoms with E-state index in [2.05, 4.69) is 5.10 Å². The number of benzene rings is 1. The van der Waals surface area contributed by atoms with Gasteiger partial charge in [0.25, 0.3) is 11.6 Å². The van der Waals surface area contributed by atoms with Crippen LogP contribution in [0.4, 0.5) is 5.69 Å². The molecular formula is C16H16N4O6. The largest absolute Gasteiger partial charge is 0.479 e. The molecule has 2 heterocycles. The Morgan fingerprint density at radius 3 is 2.58 bits per heavy atom. The van der Waals surface area contributed by atoms with E-state index in [1.807, 2.05) is 0 Å². The number of amides is 1. The van der Waals surface area contributed by atoms with Gasteiger partial charge in [0, 0.05) is 24.9 Å². The van der Waals surface area contributed by atoms with Crippen molar-refractivity contribution < 1.29 is 24.4 Å². The molecule has 0 bridgehead atoms. The molecule has 1 aromatic carbocycles. The van der Waals surface area contributed by atoms with E-state index in [9.17, 15) is 19.7 Å². The topological polar surface area (TPSA) is 128 Å². The molecule has 1 aromatic heterocycles. The molecule has 1 N–H and O–H groups in total. The highest BCUT2D eigenvalue weighted by Crippen LogP contribution is 2.17. The number of morpholine rings is 1. The van der Waals surface area contributed by atoms with E-state index in [0.29, 0.717) is 5.69 Å². The van der Waals surface area contributed by atoms with E-state index < -0.39 is 29.0 Å². The number of carboxylic acid groups (broad SMARTS) is 1. The molecule has 1 fully saturated rings. The number of aromatic nitrogens is 2. The minimum absolute atomic E-state index is 0.0424. The number of nitro benzene ring substituents is 1. The molecule has 26 heavy (non-hydrogen) atoms. The van der Waals surface area contributed by atoms with Crippen molar-refractivity contribution >= 4 is 17.6 Å². The maximum absolute atomic E-state index is 12.6. The smallest absolute Gasteiger partial charge is 0.334 e. The number of hydrogen-bond acceptors (Lipinski definition) is 6. The van der Waals surface area contributed by atoms with Gasteiger partial charge in [0.15, 0.2) is 11.8 Å². The van der Waals surface area contributed by atoms with Crippen LogP contribution in [0.5, 0.6) is 0 Å². The zero-order valence-electron chi connectivity index (χ0n) is 13.8. The third-order valence-electron chi connectivity index (χ3n) is 3.96. The molecule has 0 saturated carbocycles. The first-order valence-corrected chi connectivity index (χ1v) is 7.83. The Morgan fingerprint density at radius 2 is 1.96 bits per heavy atom. The van der Waals surface area contributed by atoms with Crippen LogP contribution in [0.3, 0.4) is 0 Å². The number of nitro groups is 1. The summed E-state index contributed by atoms with van der Waals surface area (Å²) < 4.78 is 6.72. The minimum Gasteiger partial charge on any atom is -0.479 e. The average molecular weight is 360 g/mol. The molecule has 2 aromatic rings. The van der Waals surface area contributed by atoms with E-state index in [1.54, 1.807) is 13.1 Å². The van der Waals surface area contributed by atoms with Crippen LogP contribution in [0.25, 0.3) is 5.69 Å². The monoisotopic (exact) mass is 360 g/mol. The number of carbonyl (C=O) groups excluding carboxylic acids is 1. The first-order chi connectivity index (χ1) is 12.3. The zero-order chi connectivity index (χ0) is 18.8. The van der Waals surface area contributed by atoms with E-state index in [4.69, 9.17) is 9.84 Å². The van der Waals surface area contributed by atoms with Crippen LogP contribution in [-0.4, -0.2) is 61.9 Å². The number of ether oxygens (including phenoxy) is 1. The second-order valence-electron chi connectivity index (χ2n) is 5.90. The lowest BCUT2D eigenvalue weighted by Crippen LogP contribution is -2.51. The molecule has 1 aliphatic rings. The molecule has 1 amide bonds. The van der Waals surface area contributed by atoms with Gasteiger partial charge in [-0.1, -0.05) is 0 Å². The van der Waals surface area contributed by atoms with Crippen LogP contribution in [-0.2, 0) is 9.53 Å². The number of aliphatic carboxylic acids is 1. The predicted octanol–water partition coefficient (Wildman–Crippen LogP) is 1.09. The van der Waals surface area contributed by atoms with Crippen LogP contribution in [0.2, 0.25) is 0 Å². The van der Waals surface area contributed by atoms with Gasteiger partial charge in [-0.15, -0.1) is 0 Å². The highest BCUT2D eigenvalue weighted by molar-refractivity contribution is 5.92. The summed E-state index contributed by atoms with van der Waals surface area (Å²) in [4.78, 5) is 35.3. The fraction of sp³-hybridized carbons (Fsp3) is 0.312. The number of nitrogens with zero attached hydrogens (tertiary/aromatic N) is 4. The normalized spacial score (nSPS) is 20.0. The lowest BCUT2D eigenvalue weighted by atomic mass is 10.2. The van der Waals surface area contributed by atoms with E-state index in [-0.39, 0.29) is 24.5 Å². The van der Waals surface area contributed by atoms with E-state index >= 15 is 0 Å². The molecule has 1 aliphatic heterocycles. The molecule has 0 aliphatic carbocycles. The van der Waals surface area contributed by atoms with Crippen molar-refractivity contribution in [2.24, 2.45) is 0 Å². The summed E-state index contributed by atoms with van der Waals surface area (Å²) in [7, 11) is 0. The molecule has 1 saturated heterocycles. The highest BCUT2D eigenvalue weighted by Gasteiger charge is 2.33. The van der Waals surface area contributed by atoms with Gasteiger partial charge in [-0.25, -0.2) is 9.48 Å². The Kier molecular flexibility index (Phi) is 4.67. The summed E-state index contributed by atoms with van der Waals surface area (Å²) in [5.41, 5.74) is 0.675. The third-order valence-corrected chi connectivity index (χ3v) is 3.96. The Hall–Kier alpha value is -3.27. The molecule has 0 radical (unpaired) electrons. The Morgan fingerprint density at radius 1 is 1.27 bits per heavy atom. The maximum atomic E-state index is 12.6. The van der Waals surface area contributed by atoms with Crippen molar-refractivity contribution in [3.05, 3.63) is 52.3 Å². The number of carbonyl (C=O) groups is 2. The fourth-order valence-electron chi connectivity index (χ4n) is 2.72. The maximum Gasteiger partial charge on any atom is 0.334 e. The van der Waals surface area contributed by atoms with Gasteiger partial charge in [-0.2, -0.15) is 5.10 Å². The summed E-state index contributed by atoms with van der Waals surface area (Å²) >= 11 is 0. The second kappa shape index (κ2) is 6.92. The Labute approximate surface area is 147 Å². The van der Waals surface area contributed by atoms with Crippen LogP contribution in [0.15, 0.2) is 36.5 Å². The SMILES string of the molecule is C[C@@H]1CN(C(=O)c2ccn(-c3ccc([N+](=O)[O-])cc3)n2)CC(C(=O)O)O1. The summed E-state index contributed by atoms with van der Waals surface area (Å²) in [5.74, 6) is -1.52. The molecule has 10 nitrogen and oxygen atoms in total. The van der Waals surface area contributed by atoms with Gasteiger partial charge in [0.2, 0.25) is 0 Å². The predicted molar refractivity (Wildman–Crippen MR) is 88.1 cm³/mol. The van der Waals surface area contributed by atoms with Crippen LogP contribution < -0.4 is 0 Å². The lowest BCUT2D eigenvalue weighted by Gasteiger charge is -2.34. The Balaban J connectivity index is 1.77. The van der Waals surface area contributed by atoms with Crippen LogP contribution >= 0.6 is 0 Å².